The highest BCUT2D eigenvalue weighted by Gasteiger charge is 2.22. The summed E-state index contributed by atoms with van der Waals surface area (Å²) in [6.07, 6.45) is 0. The van der Waals surface area contributed by atoms with Crippen LogP contribution in [0.15, 0.2) is 21.7 Å². The van der Waals surface area contributed by atoms with Crippen LogP contribution in [0.4, 0.5) is 10.1 Å². The van der Waals surface area contributed by atoms with Crippen molar-refractivity contribution >= 4 is 27.0 Å². The van der Waals surface area contributed by atoms with Gasteiger partial charge >= 0.3 is 0 Å². The molecule has 0 fully saturated rings. The zero-order chi connectivity index (χ0) is 15.8. The lowest BCUT2D eigenvalue weighted by Crippen LogP contribution is -2.25. The minimum Gasteiger partial charge on any atom is -0.396 e. The quantitative estimate of drug-likeness (QED) is 0.848. The maximum absolute atomic E-state index is 13.5. The van der Waals surface area contributed by atoms with Crippen molar-refractivity contribution in [1.29, 1.82) is 0 Å². The molecule has 21 heavy (non-hydrogen) atoms. The minimum atomic E-state index is -3.75. The van der Waals surface area contributed by atoms with Gasteiger partial charge in [-0.2, -0.15) is 11.3 Å². The number of nitrogens with two attached hydrogens (primary N) is 1. The van der Waals surface area contributed by atoms with Crippen molar-refractivity contribution in [1.82, 2.24) is 4.72 Å². The fourth-order valence-corrected chi connectivity index (χ4v) is 4.50. The van der Waals surface area contributed by atoms with Crippen LogP contribution in [0.5, 0.6) is 0 Å². The van der Waals surface area contributed by atoms with Gasteiger partial charge in [0.1, 0.15) is 5.82 Å². The Morgan fingerprint density at radius 2 is 1.90 bits per heavy atom. The van der Waals surface area contributed by atoms with E-state index in [0.29, 0.717) is 5.56 Å². The van der Waals surface area contributed by atoms with Gasteiger partial charge in [-0.05, 0) is 59.9 Å². The SMILES string of the molecule is Cc1cscc1CNS(=O)(=O)c1c(C)cc(F)c(N)c1C. The molecule has 0 radical (unpaired) electrons. The van der Waals surface area contributed by atoms with Gasteiger partial charge in [0.15, 0.2) is 0 Å². The highest BCUT2D eigenvalue weighted by Crippen LogP contribution is 2.27. The summed E-state index contributed by atoms with van der Waals surface area (Å²) in [5, 5.41) is 3.85. The van der Waals surface area contributed by atoms with Crippen LogP contribution in [-0.2, 0) is 16.6 Å². The molecule has 114 valence electrons. The van der Waals surface area contributed by atoms with Crippen LogP contribution in [0, 0.1) is 26.6 Å². The van der Waals surface area contributed by atoms with Gasteiger partial charge in [0.2, 0.25) is 10.0 Å². The molecule has 0 unspecified atom stereocenters. The molecule has 4 nitrogen and oxygen atoms in total. The summed E-state index contributed by atoms with van der Waals surface area (Å²) in [4.78, 5) is 0.0503. The normalized spacial score (nSPS) is 11.8. The summed E-state index contributed by atoms with van der Waals surface area (Å²) in [5.74, 6) is -0.599. The lowest BCUT2D eigenvalue weighted by atomic mass is 10.1. The Hall–Kier alpha value is -1.44. The monoisotopic (exact) mass is 328 g/mol. The van der Waals surface area contributed by atoms with E-state index in [2.05, 4.69) is 4.72 Å². The summed E-state index contributed by atoms with van der Waals surface area (Å²) >= 11 is 1.52. The molecule has 2 rings (SSSR count). The molecule has 0 aliphatic heterocycles. The number of anilines is 1. The van der Waals surface area contributed by atoms with Crippen LogP contribution < -0.4 is 10.5 Å². The summed E-state index contributed by atoms with van der Waals surface area (Å²) in [5.41, 5.74) is 8.01. The number of benzene rings is 1. The van der Waals surface area contributed by atoms with Gasteiger partial charge in [-0.1, -0.05) is 0 Å². The van der Waals surface area contributed by atoms with Gasteiger partial charge in [0, 0.05) is 6.54 Å². The van der Waals surface area contributed by atoms with E-state index in [1.54, 1.807) is 6.92 Å². The zero-order valence-corrected chi connectivity index (χ0v) is 13.7. The molecular formula is C14H17FN2O2S2. The van der Waals surface area contributed by atoms with Crippen molar-refractivity contribution in [2.75, 3.05) is 5.73 Å². The first-order chi connectivity index (χ1) is 9.74. The predicted octanol–water partition coefficient (Wildman–Crippen LogP) is 2.87. The third-order valence-corrected chi connectivity index (χ3v) is 5.99. The summed E-state index contributed by atoms with van der Waals surface area (Å²) in [7, 11) is -3.75. The molecule has 1 aromatic carbocycles. The second kappa shape index (κ2) is 5.75. The lowest BCUT2D eigenvalue weighted by molar-refractivity contribution is 0.579. The lowest BCUT2D eigenvalue weighted by Gasteiger charge is -2.14. The number of hydrogen-bond acceptors (Lipinski definition) is 4. The maximum atomic E-state index is 13.5. The average Bonchev–Trinajstić information content (AvgIpc) is 2.79. The first-order valence-electron chi connectivity index (χ1n) is 6.30. The van der Waals surface area contributed by atoms with Crippen molar-refractivity contribution in [2.24, 2.45) is 0 Å². The molecule has 0 amide bonds. The Morgan fingerprint density at radius 3 is 2.48 bits per heavy atom. The maximum Gasteiger partial charge on any atom is 0.241 e. The highest BCUT2D eigenvalue weighted by molar-refractivity contribution is 7.89. The third-order valence-electron chi connectivity index (χ3n) is 3.39. The molecule has 0 aliphatic rings. The molecule has 1 aromatic heterocycles. The van der Waals surface area contributed by atoms with Crippen LogP contribution in [-0.4, -0.2) is 8.42 Å². The number of thiophene rings is 1. The van der Waals surface area contributed by atoms with Crippen LogP contribution >= 0.6 is 11.3 Å². The van der Waals surface area contributed by atoms with E-state index in [1.165, 1.54) is 18.3 Å². The van der Waals surface area contributed by atoms with Gasteiger partial charge in [0.05, 0.1) is 10.6 Å². The highest BCUT2D eigenvalue weighted by atomic mass is 32.2. The topological polar surface area (TPSA) is 72.2 Å². The summed E-state index contributed by atoms with van der Waals surface area (Å²) in [6, 6.07) is 1.15. The Bertz CT molecular complexity index is 783. The number of nitrogen functional groups attached to an aromatic ring is 1. The van der Waals surface area contributed by atoms with E-state index >= 15 is 0 Å². The molecule has 0 bridgehead atoms. The van der Waals surface area contributed by atoms with Gasteiger partial charge in [-0.25, -0.2) is 17.5 Å². The molecule has 2 aromatic rings. The van der Waals surface area contributed by atoms with Crippen LogP contribution in [0.25, 0.3) is 0 Å². The second-order valence-corrected chi connectivity index (χ2v) is 7.40. The van der Waals surface area contributed by atoms with E-state index in [9.17, 15) is 12.8 Å². The molecule has 3 N–H and O–H groups in total. The summed E-state index contributed by atoms with van der Waals surface area (Å²) < 4.78 is 41.0. The van der Waals surface area contributed by atoms with E-state index in [1.807, 2.05) is 17.7 Å². The van der Waals surface area contributed by atoms with Crippen LogP contribution in [0.1, 0.15) is 22.3 Å². The standard InChI is InChI=1S/C14H17FN2O2S2/c1-8-4-12(15)13(16)10(3)14(8)21(18,19)17-5-11-7-20-6-9(11)2/h4,6-7,17H,5,16H2,1-3H3. The fourth-order valence-electron chi connectivity index (χ4n) is 2.16. The second-order valence-electron chi connectivity index (χ2n) is 4.95. The largest absolute Gasteiger partial charge is 0.396 e. The molecule has 0 aliphatic carbocycles. The number of halogens is 1. The number of aryl methyl sites for hydroxylation is 2. The molecule has 1 heterocycles. The van der Waals surface area contributed by atoms with E-state index in [4.69, 9.17) is 5.73 Å². The number of rotatable bonds is 4. The Morgan fingerprint density at radius 1 is 1.24 bits per heavy atom. The minimum absolute atomic E-state index is 0.0503. The van der Waals surface area contributed by atoms with Crippen molar-refractivity contribution < 1.29 is 12.8 Å². The molecule has 7 heteroatoms. The average molecular weight is 328 g/mol. The first kappa shape index (κ1) is 15.9. The molecule has 0 spiro atoms. The van der Waals surface area contributed by atoms with Crippen molar-refractivity contribution in [3.63, 3.8) is 0 Å². The van der Waals surface area contributed by atoms with E-state index in [0.717, 1.165) is 17.2 Å². The Kier molecular flexibility index (Phi) is 4.36. The Balaban J connectivity index is 2.37. The number of sulfonamides is 1. The number of nitrogens with one attached hydrogen (secondary N) is 1. The number of hydrogen-bond donors (Lipinski definition) is 2. The third kappa shape index (κ3) is 3.09. The van der Waals surface area contributed by atoms with Gasteiger partial charge in [-0.3, -0.25) is 0 Å². The van der Waals surface area contributed by atoms with Crippen LogP contribution in [0.3, 0.4) is 0 Å². The summed E-state index contributed by atoms with van der Waals surface area (Å²) in [6.45, 7) is 5.19. The van der Waals surface area contributed by atoms with Crippen molar-refractivity contribution in [2.45, 2.75) is 32.2 Å². The van der Waals surface area contributed by atoms with Gasteiger partial charge in [-0.15, -0.1) is 0 Å². The zero-order valence-electron chi connectivity index (χ0n) is 12.0. The van der Waals surface area contributed by atoms with Gasteiger partial charge in [0.25, 0.3) is 0 Å². The molecule has 0 saturated carbocycles. The van der Waals surface area contributed by atoms with Crippen molar-refractivity contribution in [3.8, 4) is 0 Å². The predicted molar refractivity (Wildman–Crippen MR) is 83.4 cm³/mol. The van der Waals surface area contributed by atoms with Crippen LogP contribution in [0.2, 0.25) is 0 Å². The smallest absolute Gasteiger partial charge is 0.241 e. The fraction of sp³-hybridized carbons (Fsp3) is 0.286. The van der Waals surface area contributed by atoms with E-state index < -0.39 is 15.8 Å². The van der Waals surface area contributed by atoms with Gasteiger partial charge < -0.3 is 5.73 Å². The van der Waals surface area contributed by atoms with E-state index in [-0.39, 0.29) is 22.7 Å². The Labute approximate surface area is 127 Å². The molecule has 0 saturated heterocycles. The van der Waals surface area contributed by atoms with Crippen molar-refractivity contribution in [3.05, 3.63) is 44.9 Å². The molecular weight excluding hydrogens is 311 g/mol. The molecule has 0 atom stereocenters. The first-order valence-corrected chi connectivity index (χ1v) is 8.73.